The molecule has 10 heavy (non-hydrogen) atoms. The summed E-state index contributed by atoms with van der Waals surface area (Å²) < 4.78 is 25.3. The predicted molar refractivity (Wildman–Crippen MR) is 41.4 cm³/mol. The van der Waals surface area contributed by atoms with E-state index in [1.807, 2.05) is 13.6 Å². The first-order valence-electron chi connectivity index (χ1n) is 3.60. The van der Waals surface area contributed by atoms with Crippen LogP contribution in [0.15, 0.2) is 0 Å². The first kappa shape index (κ1) is 8.39. The Morgan fingerprint density at radius 1 is 1.50 bits per heavy atom. The van der Waals surface area contributed by atoms with Crippen molar-refractivity contribution < 1.29 is 8.78 Å². The third-order valence-corrected chi connectivity index (χ3v) is 3.43. The van der Waals surface area contributed by atoms with Crippen molar-refractivity contribution in [1.29, 1.82) is 0 Å². The fourth-order valence-electron chi connectivity index (χ4n) is 1.42. The van der Waals surface area contributed by atoms with Crippen molar-refractivity contribution in [3.05, 3.63) is 0 Å². The fraction of sp³-hybridized carbons (Fsp3) is 1.00. The summed E-state index contributed by atoms with van der Waals surface area (Å²) >= 11 is 0. The summed E-state index contributed by atoms with van der Waals surface area (Å²) in [4.78, 5) is 0. The average Bonchev–Trinajstić information content (AvgIpc) is 2.37. The molecule has 0 heterocycles. The van der Waals surface area contributed by atoms with Crippen molar-refractivity contribution in [2.24, 2.45) is 5.41 Å². The molecule has 0 amide bonds. The van der Waals surface area contributed by atoms with Crippen LogP contribution in [-0.2, 0) is 0 Å². The molecule has 1 saturated carbocycles. The van der Waals surface area contributed by atoms with Crippen LogP contribution in [0, 0.1) is 5.41 Å². The van der Waals surface area contributed by atoms with Gasteiger partial charge in [-0.05, 0) is 19.2 Å². The molecule has 0 radical (unpaired) electrons. The first-order chi connectivity index (χ1) is 4.58. The van der Waals surface area contributed by atoms with Gasteiger partial charge >= 0.3 is 0 Å². The summed E-state index contributed by atoms with van der Waals surface area (Å²) in [6.45, 7) is 3.85. The highest BCUT2D eigenvalue weighted by Crippen LogP contribution is 2.64. The van der Waals surface area contributed by atoms with E-state index < -0.39 is 11.3 Å². The summed E-state index contributed by atoms with van der Waals surface area (Å²) in [5.41, 5.74) is -0.583. The highest BCUT2D eigenvalue weighted by atomic mass is 31.1. The number of halogens is 2. The molecule has 0 aromatic rings. The second-order valence-corrected chi connectivity index (χ2v) is 4.11. The van der Waals surface area contributed by atoms with Gasteiger partial charge in [-0.2, -0.15) is 0 Å². The zero-order valence-corrected chi connectivity index (χ0v) is 7.38. The molecule has 0 saturated heterocycles. The van der Waals surface area contributed by atoms with Crippen LogP contribution in [0.2, 0.25) is 0 Å². The Balaban J connectivity index is 2.50. The number of hydrogen-bond donors (Lipinski definition) is 0. The molecule has 0 bridgehead atoms. The van der Waals surface area contributed by atoms with Crippen LogP contribution >= 0.6 is 8.58 Å². The normalized spacial score (nSPS) is 37.2. The van der Waals surface area contributed by atoms with E-state index in [1.54, 1.807) is 0 Å². The van der Waals surface area contributed by atoms with Gasteiger partial charge < -0.3 is 0 Å². The second-order valence-electron chi connectivity index (χ2n) is 3.05. The van der Waals surface area contributed by atoms with Gasteiger partial charge in [-0.3, -0.25) is 0 Å². The van der Waals surface area contributed by atoms with Gasteiger partial charge in [0.15, 0.2) is 0 Å². The van der Waals surface area contributed by atoms with Gasteiger partial charge in [-0.25, -0.2) is 8.78 Å². The monoisotopic (exact) mass is 166 g/mol. The maximum atomic E-state index is 12.6. The third-order valence-electron chi connectivity index (χ3n) is 2.40. The maximum absolute atomic E-state index is 12.6. The lowest BCUT2D eigenvalue weighted by atomic mass is 10.1. The summed E-state index contributed by atoms with van der Waals surface area (Å²) in [7, 11) is 0.665. The molecular formula is C7H13F2P. The van der Waals surface area contributed by atoms with Gasteiger partial charge in [-0.15, -0.1) is 8.58 Å². The summed E-state index contributed by atoms with van der Waals surface area (Å²) in [5.74, 6) is -2.33. The quantitative estimate of drug-likeness (QED) is 0.565. The zero-order chi connectivity index (χ0) is 7.83. The predicted octanol–water partition coefficient (Wildman–Crippen LogP) is 2.73. The van der Waals surface area contributed by atoms with Crippen LogP contribution in [0.3, 0.4) is 0 Å². The van der Waals surface area contributed by atoms with Crippen LogP contribution in [0.25, 0.3) is 0 Å². The summed E-state index contributed by atoms with van der Waals surface area (Å²) in [6, 6.07) is 0. The lowest BCUT2D eigenvalue weighted by Gasteiger charge is -2.10. The Kier molecular flexibility index (Phi) is 2.02. The highest BCUT2D eigenvalue weighted by Gasteiger charge is 2.68. The van der Waals surface area contributed by atoms with Gasteiger partial charge in [0.2, 0.25) is 0 Å². The number of hydrogen-bond acceptors (Lipinski definition) is 0. The molecule has 1 aliphatic carbocycles. The van der Waals surface area contributed by atoms with Crippen molar-refractivity contribution in [2.45, 2.75) is 25.7 Å². The van der Waals surface area contributed by atoms with Gasteiger partial charge in [-0.1, -0.05) is 6.92 Å². The molecular weight excluding hydrogens is 153 g/mol. The zero-order valence-electron chi connectivity index (χ0n) is 6.38. The minimum atomic E-state index is -2.33. The van der Waals surface area contributed by atoms with E-state index in [1.165, 1.54) is 0 Å². The first-order valence-corrected chi connectivity index (χ1v) is 5.31. The van der Waals surface area contributed by atoms with Crippen LogP contribution in [0.4, 0.5) is 8.78 Å². The van der Waals surface area contributed by atoms with Crippen molar-refractivity contribution in [3.63, 3.8) is 0 Å². The van der Waals surface area contributed by atoms with Crippen LogP contribution in [0.5, 0.6) is 0 Å². The Bertz CT molecular complexity index is 136. The van der Waals surface area contributed by atoms with Gasteiger partial charge in [0, 0.05) is 11.8 Å². The summed E-state index contributed by atoms with van der Waals surface area (Å²) in [6.07, 6.45) is 1.49. The number of rotatable bonds is 3. The standard InChI is InChI=1S/C7H13F2P/c1-3-6(5-10-2)4-7(6,8)9/h10H,3-5H2,1-2H3. The van der Waals surface area contributed by atoms with E-state index in [0.29, 0.717) is 15.0 Å². The van der Waals surface area contributed by atoms with Crippen LogP contribution in [0.1, 0.15) is 19.8 Å². The smallest absolute Gasteiger partial charge is 0.206 e. The molecule has 3 heteroatoms. The lowest BCUT2D eigenvalue weighted by molar-refractivity contribution is 0.0702. The molecule has 60 valence electrons. The molecule has 0 aromatic heterocycles. The fourth-order valence-corrected chi connectivity index (χ4v) is 2.73. The van der Waals surface area contributed by atoms with Crippen molar-refractivity contribution in [2.75, 3.05) is 12.8 Å². The van der Waals surface area contributed by atoms with E-state index in [0.717, 1.165) is 6.16 Å². The molecule has 0 aliphatic heterocycles. The van der Waals surface area contributed by atoms with Gasteiger partial charge in [0.05, 0.1) is 0 Å². The SMILES string of the molecule is CCC1(CPC)CC1(F)F. The van der Waals surface area contributed by atoms with E-state index in [-0.39, 0.29) is 6.42 Å². The second kappa shape index (κ2) is 2.41. The molecule has 0 aromatic carbocycles. The van der Waals surface area contributed by atoms with E-state index in [2.05, 4.69) is 0 Å². The summed E-state index contributed by atoms with van der Waals surface area (Å²) in [5, 5.41) is 0. The average molecular weight is 166 g/mol. The van der Waals surface area contributed by atoms with Crippen molar-refractivity contribution in [1.82, 2.24) is 0 Å². The minimum Gasteiger partial charge on any atom is -0.206 e. The third kappa shape index (κ3) is 1.07. The molecule has 1 fully saturated rings. The molecule has 1 rings (SSSR count). The number of alkyl halides is 2. The Hall–Kier alpha value is 0.290. The largest absolute Gasteiger partial charge is 0.254 e. The highest BCUT2D eigenvalue weighted by molar-refractivity contribution is 7.37. The molecule has 2 unspecified atom stereocenters. The van der Waals surface area contributed by atoms with E-state index in [9.17, 15) is 8.78 Å². The molecule has 0 N–H and O–H groups in total. The van der Waals surface area contributed by atoms with Gasteiger partial charge in [0.25, 0.3) is 5.92 Å². The van der Waals surface area contributed by atoms with Crippen molar-refractivity contribution in [3.8, 4) is 0 Å². The topological polar surface area (TPSA) is 0 Å². The van der Waals surface area contributed by atoms with Crippen LogP contribution < -0.4 is 0 Å². The maximum Gasteiger partial charge on any atom is 0.254 e. The Labute approximate surface area is 62.2 Å². The lowest BCUT2D eigenvalue weighted by Crippen LogP contribution is -2.11. The van der Waals surface area contributed by atoms with Gasteiger partial charge in [0.1, 0.15) is 0 Å². The molecule has 2 atom stereocenters. The van der Waals surface area contributed by atoms with Crippen molar-refractivity contribution >= 4 is 8.58 Å². The van der Waals surface area contributed by atoms with Crippen LogP contribution in [-0.4, -0.2) is 18.7 Å². The molecule has 0 spiro atoms. The minimum absolute atomic E-state index is 0.136. The molecule has 1 aliphatic rings. The van der Waals surface area contributed by atoms with E-state index in [4.69, 9.17) is 0 Å². The Morgan fingerprint density at radius 2 is 2.00 bits per heavy atom. The van der Waals surface area contributed by atoms with E-state index >= 15 is 0 Å². The Morgan fingerprint density at radius 3 is 2.10 bits per heavy atom. The molecule has 0 nitrogen and oxygen atoms in total.